The summed E-state index contributed by atoms with van der Waals surface area (Å²) in [6.07, 6.45) is 0. The summed E-state index contributed by atoms with van der Waals surface area (Å²) in [4.78, 5) is 4.40. The van der Waals surface area contributed by atoms with Crippen LogP contribution in [0.2, 0.25) is 0 Å². The number of benzene rings is 2. The quantitative estimate of drug-likeness (QED) is 0.649. The second kappa shape index (κ2) is 5.38. The Kier molecular flexibility index (Phi) is 3.58. The number of anilines is 1. The van der Waals surface area contributed by atoms with Crippen LogP contribution in [0.15, 0.2) is 55.9 Å². The van der Waals surface area contributed by atoms with Crippen molar-refractivity contribution in [2.45, 2.75) is 0 Å². The molecule has 0 fully saturated rings. The average Bonchev–Trinajstić information content (AvgIpc) is 2.88. The zero-order valence-corrected chi connectivity index (χ0v) is 13.3. The lowest BCUT2D eigenvalue weighted by Crippen LogP contribution is -1.90. The van der Waals surface area contributed by atoms with Crippen molar-refractivity contribution >= 4 is 37.5 Å². The van der Waals surface area contributed by atoms with E-state index in [4.69, 9.17) is 10.3 Å². The van der Waals surface area contributed by atoms with Gasteiger partial charge in [-0.25, -0.2) is 0 Å². The number of nitrogen functional groups attached to an aromatic ring is 1. The van der Waals surface area contributed by atoms with Gasteiger partial charge in [-0.05, 0) is 30.3 Å². The second-order valence-electron chi connectivity index (χ2n) is 4.13. The number of nitrogens with zero attached hydrogens (tertiary/aromatic N) is 2. The fraction of sp³-hybridized carbons (Fsp3) is 0. The molecular weight excluding hydrogens is 386 g/mol. The highest BCUT2D eigenvalue weighted by molar-refractivity contribution is 9.10. The molecule has 3 rings (SSSR count). The zero-order valence-electron chi connectivity index (χ0n) is 10.2. The lowest BCUT2D eigenvalue weighted by Gasteiger charge is -2.00. The van der Waals surface area contributed by atoms with Gasteiger partial charge in [-0.2, -0.15) is 4.98 Å². The van der Waals surface area contributed by atoms with Gasteiger partial charge in [0.25, 0.3) is 5.89 Å². The third-order valence-corrected chi connectivity index (χ3v) is 3.97. The van der Waals surface area contributed by atoms with E-state index < -0.39 is 0 Å². The van der Waals surface area contributed by atoms with Crippen LogP contribution in [0.1, 0.15) is 0 Å². The number of rotatable bonds is 2. The summed E-state index contributed by atoms with van der Waals surface area (Å²) < 4.78 is 7.12. The molecule has 1 aromatic heterocycles. The third kappa shape index (κ3) is 2.48. The Morgan fingerprint density at radius 1 is 1.00 bits per heavy atom. The van der Waals surface area contributed by atoms with Crippen LogP contribution in [0.25, 0.3) is 22.8 Å². The topological polar surface area (TPSA) is 64.9 Å². The van der Waals surface area contributed by atoms with Gasteiger partial charge in [-0.15, -0.1) is 0 Å². The minimum Gasteiger partial charge on any atom is -0.398 e. The summed E-state index contributed by atoms with van der Waals surface area (Å²) in [5, 5.41) is 4.00. The van der Waals surface area contributed by atoms with Gasteiger partial charge in [0.15, 0.2) is 0 Å². The van der Waals surface area contributed by atoms with Crippen LogP contribution in [0, 0.1) is 0 Å². The predicted octanol–water partition coefficient (Wildman–Crippen LogP) is 4.51. The SMILES string of the molecule is Nc1cc(Br)ccc1-c1nc(-c2ccccc2Br)no1. The van der Waals surface area contributed by atoms with Crippen LogP contribution in [0.4, 0.5) is 5.69 Å². The number of hydrogen-bond donors (Lipinski definition) is 1. The van der Waals surface area contributed by atoms with Crippen molar-refractivity contribution in [1.29, 1.82) is 0 Å². The molecule has 2 aromatic carbocycles. The molecule has 0 radical (unpaired) electrons. The van der Waals surface area contributed by atoms with Crippen molar-refractivity contribution < 1.29 is 4.52 Å². The fourth-order valence-corrected chi connectivity index (χ4v) is 2.65. The molecule has 0 bridgehead atoms. The van der Waals surface area contributed by atoms with Crippen molar-refractivity contribution in [3.63, 3.8) is 0 Å². The molecule has 4 nitrogen and oxygen atoms in total. The Balaban J connectivity index is 2.04. The molecule has 3 aromatic rings. The van der Waals surface area contributed by atoms with Gasteiger partial charge in [0.1, 0.15) is 0 Å². The van der Waals surface area contributed by atoms with Gasteiger partial charge in [0, 0.05) is 20.2 Å². The summed E-state index contributed by atoms with van der Waals surface area (Å²) in [7, 11) is 0. The van der Waals surface area contributed by atoms with Crippen molar-refractivity contribution in [3.05, 3.63) is 51.4 Å². The zero-order chi connectivity index (χ0) is 14.1. The molecule has 0 unspecified atom stereocenters. The van der Waals surface area contributed by atoms with E-state index in [0.29, 0.717) is 17.4 Å². The van der Waals surface area contributed by atoms with Gasteiger partial charge in [-0.3, -0.25) is 0 Å². The van der Waals surface area contributed by atoms with Crippen LogP contribution >= 0.6 is 31.9 Å². The summed E-state index contributed by atoms with van der Waals surface area (Å²) in [5.41, 5.74) is 8.14. The van der Waals surface area contributed by atoms with E-state index in [1.54, 1.807) is 6.07 Å². The first-order valence-corrected chi connectivity index (χ1v) is 7.38. The minimum atomic E-state index is 0.403. The number of hydrogen-bond acceptors (Lipinski definition) is 4. The third-order valence-electron chi connectivity index (χ3n) is 2.78. The second-order valence-corrected chi connectivity index (χ2v) is 5.90. The fourth-order valence-electron chi connectivity index (χ4n) is 1.81. The molecule has 2 N–H and O–H groups in total. The highest BCUT2D eigenvalue weighted by Crippen LogP contribution is 2.31. The Morgan fingerprint density at radius 3 is 2.55 bits per heavy atom. The van der Waals surface area contributed by atoms with E-state index in [9.17, 15) is 0 Å². The minimum absolute atomic E-state index is 0.403. The van der Waals surface area contributed by atoms with Crippen molar-refractivity contribution in [3.8, 4) is 22.8 Å². The van der Waals surface area contributed by atoms with Crippen LogP contribution < -0.4 is 5.73 Å². The molecule has 0 saturated carbocycles. The largest absolute Gasteiger partial charge is 0.398 e. The van der Waals surface area contributed by atoms with Gasteiger partial charge < -0.3 is 10.3 Å². The lowest BCUT2D eigenvalue weighted by molar-refractivity contribution is 0.432. The molecule has 0 atom stereocenters. The van der Waals surface area contributed by atoms with E-state index >= 15 is 0 Å². The Labute approximate surface area is 132 Å². The first kappa shape index (κ1) is 13.3. The number of aromatic nitrogens is 2. The van der Waals surface area contributed by atoms with Gasteiger partial charge in [0.05, 0.1) is 5.56 Å². The average molecular weight is 395 g/mol. The van der Waals surface area contributed by atoms with Crippen LogP contribution in [0.3, 0.4) is 0 Å². The first-order chi connectivity index (χ1) is 9.65. The van der Waals surface area contributed by atoms with E-state index in [-0.39, 0.29) is 0 Å². The molecule has 0 saturated heterocycles. The molecule has 20 heavy (non-hydrogen) atoms. The van der Waals surface area contributed by atoms with Crippen LogP contribution in [0.5, 0.6) is 0 Å². The van der Waals surface area contributed by atoms with Gasteiger partial charge in [-0.1, -0.05) is 49.1 Å². The maximum absolute atomic E-state index is 5.96. The van der Waals surface area contributed by atoms with Crippen LogP contribution in [-0.2, 0) is 0 Å². The molecule has 0 aliphatic rings. The molecular formula is C14H9Br2N3O. The maximum Gasteiger partial charge on any atom is 0.260 e. The lowest BCUT2D eigenvalue weighted by atomic mass is 10.2. The number of nitrogens with two attached hydrogens (primary N) is 1. The molecule has 6 heteroatoms. The summed E-state index contributed by atoms with van der Waals surface area (Å²) in [6, 6.07) is 13.2. The van der Waals surface area contributed by atoms with Crippen molar-refractivity contribution in [2.75, 3.05) is 5.73 Å². The highest BCUT2D eigenvalue weighted by atomic mass is 79.9. The molecule has 0 amide bonds. The summed E-state index contributed by atoms with van der Waals surface area (Å²) >= 11 is 6.84. The first-order valence-electron chi connectivity index (χ1n) is 5.79. The monoisotopic (exact) mass is 393 g/mol. The molecule has 100 valence electrons. The normalized spacial score (nSPS) is 10.7. The van der Waals surface area contributed by atoms with E-state index in [2.05, 4.69) is 42.0 Å². The number of halogens is 2. The Hall–Kier alpha value is -1.66. The standard InChI is InChI=1S/C14H9Br2N3O/c15-8-5-6-10(12(17)7-8)14-18-13(19-20-14)9-3-1-2-4-11(9)16/h1-7H,17H2. The molecule has 0 aliphatic carbocycles. The smallest absolute Gasteiger partial charge is 0.260 e. The molecule has 0 aliphatic heterocycles. The maximum atomic E-state index is 5.96. The van der Waals surface area contributed by atoms with E-state index in [0.717, 1.165) is 20.1 Å². The molecule has 0 spiro atoms. The van der Waals surface area contributed by atoms with Crippen molar-refractivity contribution in [2.24, 2.45) is 0 Å². The molecule has 1 heterocycles. The highest BCUT2D eigenvalue weighted by Gasteiger charge is 2.14. The van der Waals surface area contributed by atoms with Gasteiger partial charge >= 0.3 is 0 Å². The Bertz CT molecular complexity index is 771. The van der Waals surface area contributed by atoms with Gasteiger partial charge in [0.2, 0.25) is 5.82 Å². The van der Waals surface area contributed by atoms with Crippen LogP contribution in [-0.4, -0.2) is 10.1 Å². The van der Waals surface area contributed by atoms with E-state index in [1.807, 2.05) is 36.4 Å². The predicted molar refractivity (Wildman–Crippen MR) is 85.0 cm³/mol. The summed E-state index contributed by atoms with van der Waals surface area (Å²) in [6.45, 7) is 0. The van der Waals surface area contributed by atoms with Crippen molar-refractivity contribution in [1.82, 2.24) is 10.1 Å². The van der Waals surface area contributed by atoms with E-state index in [1.165, 1.54) is 0 Å². The Morgan fingerprint density at radius 2 is 1.80 bits per heavy atom. The summed E-state index contributed by atoms with van der Waals surface area (Å²) in [5.74, 6) is 0.926.